The van der Waals surface area contributed by atoms with Gasteiger partial charge in [0.1, 0.15) is 5.82 Å². The first-order valence-corrected chi connectivity index (χ1v) is 7.46. The zero-order valence-electron chi connectivity index (χ0n) is 11.1. The fraction of sp³-hybridized carbons (Fsp3) is 0.400. The van der Waals surface area contributed by atoms with Crippen molar-refractivity contribution in [3.8, 4) is 0 Å². The molecule has 0 fully saturated rings. The Kier molecular flexibility index (Phi) is 3.21. The number of amides is 1. The van der Waals surface area contributed by atoms with Crippen LogP contribution >= 0.6 is 15.9 Å². The van der Waals surface area contributed by atoms with Crippen LogP contribution in [0.2, 0.25) is 0 Å². The van der Waals surface area contributed by atoms with Crippen molar-refractivity contribution in [1.82, 2.24) is 0 Å². The molecule has 20 heavy (non-hydrogen) atoms. The highest BCUT2D eigenvalue weighted by Gasteiger charge is 2.48. The van der Waals surface area contributed by atoms with E-state index in [-0.39, 0.29) is 11.6 Å². The molecule has 0 bridgehead atoms. The lowest BCUT2D eigenvalue weighted by Gasteiger charge is -2.33. The van der Waals surface area contributed by atoms with Crippen LogP contribution in [0.5, 0.6) is 0 Å². The number of anilines is 1. The predicted molar refractivity (Wildman–Crippen MR) is 77.7 cm³/mol. The topological polar surface area (TPSA) is 40.5 Å². The monoisotopic (exact) mass is 339 g/mol. The third-order valence-electron chi connectivity index (χ3n) is 4.09. The van der Waals surface area contributed by atoms with Crippen LogP contribution in [0.3, 0.4) is 0 Å². The van der Waals surface area contributed by atoms with Gasteiger partial charge in [0, 0.05) is 10.0 Å². The summed E-state index contributed by atoms with van der Waals surface area (Å²) in [4.78, 5) is 13.7. The van der Waals surface area contributed by atoms with E-state index in [1.807, 2.05) is 0 Å². The van der Waals surface area contributed by atoms with Crippen molar-refractivity contribution in [3.05, 3.63) is 39.6 Å². The first kappa shape index (κ1) is 13.8. The molecule has 3 nitrogen and oxygen atoms in total. The molecule has 1 aromatic rings. The second-order valence-electron chi connectivity index (χ2n) is 5.42. The molecular weight excluding hydrogens is 325 g/mol. The van der Waals surface area contributed by atoms with Gasteiger partial charge in [-0.1, -0.05) is 15.9 Å². The maximum atomic E-state index is 14.1. The summed E-state index contributed by atoms with van der Waals surface area (Å²) in [6.07, 6.45) is 3.26. The number of halogens is 2. The summed E-state index contributed by atoms with van der Waals surface area (Å²) in [6.45, 7) is 1.57. The standard InChI is InChI=1S/C15H15BrFNO2/c1-15(20)11-5-3-2-4-10(11)14(19)18(15)13-7-6-9(16)8-12(13)17/h6-8,20H,2-5H2,1H3. The number of carbonyl (C=O) groups is 1. The summed E-state index contributed by atoms with van der Waals surface area (Å²) in [5, 5.41) is 10.7. The van der Waals surface area contributed by atoms with Crippen LogP contribution in [-0.4, -0.2) is 16.7 Å². The third kappa shape index (κ3) is 1.91. The van der Waals surface area contributed by atoms with Gasteiger partial charge in [-0.3, -0.25) is 9.69 Å². The minimum Gasteiger partial charge on any atom is -0.367 e. The highest BCUT2D eigenvalue weighted by Crippen LogP contribution is 2.44. The van der Waals surface area contributed by atoms with Crippen molar-refractivity contribution < 1.29 is 14.3 Å². The summed E-state index contributed by atoms with van der Waals surface area (Å²) in [5.41, 5.74) is 0.0962. The van der Waals surface area contributed by atoms with Gasteiger partial charge in [-0.15, -0.1) is 0 Å². The number of hydrogen-bond donors (Lipinski definition) is 1. The Morgan fingerprint density at radius 1 is 1.35 bits per heavy atom. The van der Waals surface area contributed by atoms with Crippen LogP contribution in [0.25, 0.3) is 0 Å². The largest absolute Gasteiger partial charge is 0.367 e. The van der Waals surface area contributed by atoms with E-state index in [0.29, 0.717) is 22.9 Å². The van der Waals surface area contributed by atoms with Crippen LogP contribution in [0.4, 0.5) is 10.1 Å². The molecule has 3 rings (SSSR count). The molecule has 0 saturated heterocycles. The second kappa shape index (κ2) is 4.67. The lowest BCUT2D eigenvalue weighted by atomic mass is 9.89. The number of benzene rings is 1. The molecule has 0 radical (unpaired) electrons. The second-order valence-corrected chi connectivity index (χ2v) is 6.34. The van der Waals surface area contributed by atoms with Gasteiger partial charge in [0.25, 0.3) is 5.91 Å². The molecule has 1 aliphatic carbocycles. The first-order chi connectivity index (χ1) is 9.43. The fourth-order valence-electron chi connectivity index (χ4n) is 3.14. The van der Waals surface area contributed by atoms with Gasteiger partial charge in [0.15, 0.2) is 5.72 Å². The Morgan fingerprint density at radius 2 is 2.05 bits per heavy atom. The minimum atomic E-state index is -1.43. The number of aliphatic hydroxyl groups is 1. The Balaban J connectivity index is 2.09. The van der Waals surface area contributed by atoms with Crippen molar-refractivity contribution in [2.75, 3.05) is 4.90 Å². The molecule has 1 aliphatic heterocycles. The van der Waals surface area contributed by atoms with Crippen LogP contribution < -0.4 is 4.90 Å². The lowest BCUT2D eigenvalue weighted by Crippen LogP contribution is -2.46. The first-order valence-electron chi connectivity index (χ1n) is 6.67. The normalized spacial score (nSPS) is 26.2. The Bertz CT molecular complexity index is 624. The molecule has 5 heteroatoms. The average molecular weight is 340 g/mol. The molecule has 1 heterocycles. The Labute approximate surface area is 125 Å². The van der Waals surface area contributed by atoms with Gasteiger partial charge >= 0.3 is 0 Å². The maximum Gasteiger partial charge on any atom is 0.257 e. The van der Waals surface area contributed by atoms with Crippen molar-refractivity contribution in [2.24, 2.45) is 0 Å². The number of carbonyl (C=O) groups excluding carboxylic acids is 1. The fourth-order valence-corrected chi connectivity index (χ4v) is 3.47. The molecule has 1 N–H and O–H groups in total. The van der Waals surface area contributed by atoms with Gasteiger partial charge in [-0.05, 0) is 56.4 Å². The van der Waals surface area contributed by atoms with E-state index in [0.717, 1.165) is 18.4 Å². The van der Waals surface area contributed by atoms with Gasteiger partial charge in [-0.2, -0.15) is 0 Å². The van der Waals surface area contributed by atoms with E-state index in [4.69, 9.17) is 0 Å². The molecule has 0 saturated carbocycles. The molecule has 1 aromatic carbocycles. The van der Waals surface area contributed by atoms with E-state index in [1.54, 1.807) is 13.0 Å². The highest BCUT2D eigenvalue weighted by molar-refractivity contribution is 9.10. The molecule has 106 valence electrons. The summed E-state index contributed by atoms with van der Waals surface area (Å²) >= 11 is 3.19. The van der Waals surface area contributed by atoms with Crippen molar-refractivity contribution >= 4 is 27.5 Å². The Hall–Kier alpha value is -1.20. The molecule has 2 aliphatic rings. The van der Waals surface area contributed by atoms with Gasteiger partial charge < -0.3 is 5.11 Å². The van der Waals surface area contributed by atoms with E-state index in [9.17, 15) is 14.3 Å². The lowest BCUT2D eigenvalue weighted by molar-refractivity contribution is -0.116. The van der Waals surface area contributed by atoms with Crippen molar-refractivity contribution in [1.29, 1.82) is 0 Å². The molecule has 0 spiro atoms. The van der Waals surface area contributed by atoms with E-state index < -0.39 is 11.5 Å². The predicted octanol–water partition coefficient (Wildman–Crippen LogP) is 3.51. The summed E-state index contributed by atoms with van der Waals surface area (Å²) < 4.78 is 14.7. The van der Waals surface area contributed by atoms with Gasteiger partial charge in [0.2, 0.25) is 0 Å². The maximum absolute atomic E-state index is 14.1. The SMILES string of the molecule is CC1(O)C2=C(CCCC2)C(=O)N1c1ccc(Br)cc1F. The Morgan fingerprint density at radius 3 is 2.70 bits per heavy atom. The molecule has 0 aromatic heterocycles. The van der Waals surface area contributed by atoms with Crippen LogP contribution in [0, 0.1) is 5.82 Å². The summed E-state index contributed by atoms with van der Waals surface area (Å²) in [7, 11) is 0. The van der Waals surface area contributed by atoms with E-state index in [2.05, 4.69) is 15.9 Å². The van der Waals surface area contributed by atoms with Gasteiger partial charge in [0.05, 0.1) is 5.69 Å². The summed E-state index contributed by atoms with van der Waals surface area (Å²) in [5.74, 6) is -0.793. The number of nitrogens with zero attached hydrogens (tertiary/aromatic N) is 1. The zero-order chi connectivity index (χ0) is 14.5. The highest BCUT2D eigenvalue weighted by atomic mass is 79.9. The summed E-state index contributed by atoms with van der Waals surface area (Å²) in [6, 6.07) is 4.49. The van der Waals surface area contributed by atoms with Crippen LogP contribution in [0.1, 0.15) is 32.6 Å². The van der Waals surface area contributed by atoms with Gasteiger partial charge in [-0.25, -0.2) is 4.39 Å². The van der Waals surface area contributed by atoms with Crippen molar-refractivity contribution in [2.45, 2.75) is 38.3 Å². The molecule has 1 unspecified atom stereocenters. The number of rotatable bonds is 1. The van der Waals surface area contributed by atoms with E-state index in [1.165, 1.54) is 17.0 Å². The third-order valence-corrected chi connectivity index (χ3v) is 4.58. The smallest absolute Gasteiger partial charge is 0.257 e. The molecular formula is C15H15BrFNO2. The zero-order valence-corrected chi connectivity index (χ0v) is 12.7. The van der Waals surface area contributed by atoms with E-state index >= 15 is 0 Å². The average Bonchev–Trinajstić information content (AvgIpc) is 2.60. The quantitative estimate of drug-likeness (QED) is 0.850. The van der Waals surface area contributed by atoms with Crippen LogP contribution in [-0.2, 0) is 4.79 Å². The number of hydrogen-bond acceptors (Lipinski definition) is 2. The molecule has 1 amide bonds. The van der Waals surface area contributed by atoms with Crippen LogP contribution in [0.15, 0.2) is 33.8 Å². The van der Waals surface area contributed by atoms with Crippen molar-refractivity contribution in [3.63, 3.8) is 0 Å². The minimum absolute atomic E-state index is 0.123. The molecule has 1 atom stereocenters.